The van der Waals surface area contributed by atoms with Crippen LogP contribution in [-0.2, 0) is 4.74 Å². The van der Waals surface area contributed by atoms with Crippen molar-refractivity contribution in [3.05, 3.63) is 0 Å². The molecule has 1 N–H and O–H groups in total. The van der Waals surface area contributed by atoms with Crippen molar-refractivity contribution in [3.8, 4) is 0 Å². The third-order valence-electron chi connectivity index (χ3n) is 4.43. The molecule has 0 spiro atoms. The maximum absolute atomic E-state index is 12.3. The van der Waals surface area contributed by atoms with Crippen LogP contribution in [-0.4, -0.2) is 42.8 Å². The number of ether oxygens (including phenoxy) is 1. The van der Waals surface area contributed by atoms with E-state index < -0.39 is 0 Å². The van der Waals surface area contributed by atoms with E-state index in [4.69, 9.17) is 4.74 Å². The number of carbonyl (C=O) groups is 1. The molecule has 0 unspecified atom stereocenters. The van der Waals surface area contributed by atoms with E-state index >= 15 is 0 Å². The number of morpholine rings is 1. The summed E-state index contributed by atoms with van der Waals surface area (Å²) in [6.07, 6.45) is 6.44. The number of amides is 2. The second-order valence-electron chi connectivity index (χ2n) is 6.00. The lowest BCUT2D eigenvalue weighted by Crippen LogP contribution is -2.52. The van der Waals surface area contributed by atoms with Crippen molar-refractivity contribution in [1.29, 1.82) is 0 Å². The largest absolute Gasteiger partial charge is 0.375 e. The average molecular weight is 252 g/mol. The van der Waals surface area contributed by atoms with Gasteiger partial charge in [-0.2, -0.15) is 0 Å². The van der Waals surface area contributed by atoms with E-state index in [1.54, 1.807) is 0 Å². The molecule has 0 radical (unpaired) electrons. The minimum atomic E-state index is 0.139. The zero-order valence-corrected chi connectivity index (χ0v) is 11.2. The van der Waals surface area contributed by atoms with Crippen molar-refractivity contribution < 1.29 is 9.53 Å². The average Bonchev–Trinajstić information content (AvgIpc) is 3.29. The molecule has 1 saturated heterocycles. The molecule has 0 bridgehead atoms. The summed E-state index contributed by atoms with van der Waals surface area (Å²) in [5, 5.41) is 3.29. The van der Waals surface area contributed by atoms with Crippen LogP contribution in [0.25, 0.3) is 0 Å². The lowest BCUT2D eigenvalue weighted by atomic mass is 10.1. The fraction of sp³-hybridized carbons (Fsp3) is 0.929. The molecule has 0 aromatic carbocycles. The van der Waals surface area contributed by atoms with Crippen LogP contribution in [0.3, 0.4) is 0 Å². The highest BCUT2D eigenvalue weighted by Gasteiger charge is 2.42. The molecule has 1 heterocycles. The standard InChI is InChI=1S/C14H24N2O2/c1-2-12-9-16(7-8-18-12)14(17)15-13(10-3-4-10)11-5-6-11/h10-13H,2-9H2,1H3,(H,15,17)/t12-/m1/s1. The van der Waals surface area contributed by atoms with E-state index in [0.717, 1.165) is 31.3 Å². The molecule has 3 aliphatic rings. The van der Waals surface area contributed by atoms with Crippen LogP contribution in [0.1, 0.15) is 39.0 Å². The summed E-state index contributed by atoms with van der Waals surface area (Å²) in [7, 11) is 0. The Morgan fingerprint density at radius 3 is 2.56 bits per heavy atom. The molecule has 3 rings (SSSR count). The quantitative estimate of drug-likeness (QED) is 0.831. The molecule has 0 aromatic rings. The van der Waals surface area contributed by atoms with E-state index in [-0.39, 0.29) is 12.1 Å². The summed E-state index contributed by atoms with van der Waals surface area (Å²) >= 11 is 0. The van der Waals surface area contributed by atoms with Gasteiger partial charge in [-0.05, 0) is 43.9 Å². The van der Waals surface area contributed by atoms with Gasteiger partial charge in [0.25, 0.3) is 0 Å². The first-order valence-corrected chi connectivity index (χ1v) is 7.45. The van der Waals surface area contributed by atoms with E-state index in [9.17, 15) is 4.79 Å². The van der Waals surface area contributed by atoms with Crippen LogP contribution in [0.4, 0.5) is 4.79 Å². The molecule has 3 fully saturated rings. The number of hydrogen-bond acceptors (Lipinski definition) is 2. The van der Waals surface area contributed by atoms with Gasteiger partial charge in [-0.3, -0.25) is 0 Å². The molecule has 1 aliphatic heterocycles. The van der Waals surface area contributed by atoms with Crippen molar-refractivity contribution in [2.45, 2.75) is 51.2 Å². The maximum atomic E-state index is 12.3. The van der Waals surface area contributed by atoms with Gasteiger partial charge in [0.1, 0.15) is 0 Å². The second kappa shape index (κ2) is 5.08. The van der Waals surface area contributed by atoms with Crippen molar-refractivity contribution >= 4 is 6.03 Å². The van der Waals surface area contributed by atoms with Gasteiger partial charge < -0.3 is 15.0 Å². The zero-order chi connectivity index (χ0) is 12.5. The molecular weight excluding hydrogens is 228 g/mol. The van der Waals surface area contributed by atoms with Crippen LogP contribution < -0.4 is 5.32 Å². The minimum absolute atomic E-state index is 0.139. The van der Waals surface area contributed by atoms with Crippen LogP contribution in [0.15, 0.2) is 0 Å². The summed E-state index contributed by atoms with van der Waals surface area (Å²) < 4.78 is 5.61. The molecule has 4 nitrogen and oxygen atoms in total. The predicted molar refractivity (Wildman–Crippen MR) is 69.4 cm³/mol. The maximum Gasteiger partial charge on any atom is 0.317 e. The Morgan fingerprint density at radius 1 is 1.33 bits per heavy atom. The third kappa shape index (κ3) is 2.79. The molecule has 102 valence electrons. The molecule has 18 heavy (non-hydrogen) atoms. The van der Waals surface area contributed by atoms with Crippen LogP contribution in [0.2, 0.25) is 0 Å². The molecule has 2 saturated carbocycles. The van der Waals surface area contributed by atoms with E-state index in [0.29, 0.717) is 12.6 Å². The number of hydrogen-bond donors (Lipinski definition) is 1. The summed E-state index contributed by atoms with van der Waals surface area (Å²) in [5.74, 6) is 1.54. The SMILES string of the molecule is CC[C@@H]1CN(C(=O)NC(C2CC2)C2CC2)CCO1. The Morgan fingerprint density at radius 2 is 2.00 bits per heavy atom. The van der Waals surface area contributed by atoms with Gasteiger partial charge in [-0.15, -0.1) is 0 Å². The van der Waals surface area contributed by atoms with Crippen molar-refractivity contribution in [3.63, 3.8) is 0 Å². The minimum Gasteiger partial charge on any atom is -0.375 e. The number of nitrogens with one attached hydrogen (secondary N) is 1. The van der Waals surface area contributed by atoms with E-state index in [1.807, 2.05) is 4.90 Å². The Labute approximate surface area is 109 Å². The van der Waals surface area contributed by atoms with Gasteiger partial charge in [-0.25, -0.2) is 4.79 Å². The van der Waals surface area contributed by atoms with Crippen molar-refractivity contribution in [2.24, 2.45) is 11.8 Å². The lowest BCUT2D eigenvalue weighted by Gasteiger charge is -2.33. The molecule has 4 heteroatoms. The normalized spacial score (nSPS) is 28.6. The first-order valence-electron chi connectivity index (χ1n) is 7.45. The number of urea groups is 1. The number of nitrogens with zero attached hydrogens (tertiary/aromatic N) is 1. The molecular formula is C14H24N2O2. The molecule has 2 amide bonds. The Bertz CT molecular complexity index is 301. The zero-order valence-electron chi connectivity index (χ0n) is 11.2. The van der Waals surface area contributed by atoms with Crippen molar-refractivity contribution in [1.82, 2.24) is 10.2 Å². The first kappa shape index (κ1) is 12.3. The number of carbonyl (C=O) groups excluding carboxylic acids is 1. The van der Waals surface area contributed by atoms with Gasteiger partial charge in [0.05, 0.1) is 12.7 Å². The van der Waals surface area contributed by atoms with Crippen LogP contribution >= 0.6 is 0 Å². The summed E-state index contributed by atoms with van der Waals surface area (Å²) in [4.78, 5) is 14.2. The van der Waals surface area contributed by atoms with Gasteiger partial charge in [-0.1, -0.05) is 6.92 Å². The molecule has 1 atom stereocenters. The fourth-order valence-electron chi connectivity index (χ4n) is 2.92. The highest BCUT2D eigenvalue weighted by Crippen LogP contribution is 2.44. The Balaban J connectivity index is 1.53. The topological polar surface area (TPSA) is 41.6 Å². The molecule has 0 aromatic heterocycles. The van der Waals surface area contributed by atoms with Gasteiger partial charge >= 0.3 is 6.03 Å². The summed E-state index contributed by atoms with van der Waals surface area (Å²) in [6, 6.07) is 0.598. The van der Waals surface area contributed by atoms with E-state index in [2.05, 4.69) is 12.2 Å². The summed E-state index contributed by atoms with van der Waals surface area (Å²) in [6.45, 7) is 4.29. The fourth-order valence-corrected chi connectivity index (χ4v) is 2.92. The molecule has 2 aliphatic carbocycles. The second-order valence-corrected chi connectivity index (χ2v) is 6.00. The highest BCUT2D eigenvalue weighted by atomic mass is 16.5. The third-order valence-corrected chi connectivity index (χ3v) is 4.43. The van der Waals surface area contributed by atoms with Crippen LogP contribution in [0.5, 0.6) is 0 Å². The van der Waals surface area contributed by atoms with Gasteiger partial charge in [0, 0.05) is 19.1 Å². The Hall–Kier alpha value is -0.770. The van der Waals surface area contributed by atoms with Crippen molar-refractivity contribution in [2.75, 3.05) is 19.7 Å². The summed E-state index contributed by atoms with van der Waals surface area (Å²) in [5.41, 5.74) is 0. The number of rotatable bonds is 4. The highest BCUT2D eigenvalue weighted by molar-refractivity contribution is 5.74. The predicted octanol–water partition coefficient (Wildman–Crippen LogP) is 2.00. The van der Waals surface area contributed by atoms with Gasteiger partial charge in [0.15, 0.2) is 0 Å². The monoisotopic (exact) mass is 252 g/mol. The lowest BCUT2D eigenvalue weighted by molar-refractivity contribution is -0.0158. The smallest absolute Gasteiger partial charge is 0.317 e. The van der Waals surface area contributed by atoms with Crippen LogP contribution in [0, 0.1) is 11.8 Å². The van der Waals surface area contributed by atoms with Gasteiger partial charge in [0.2, 0.25) is 0 Å². The Kier molecular flexibility index (Phi) is 3.46. The van der Waals surface area contributed by atoms with E-state index in [1.165, 1.54) is 25.7 Å². The first-order chi connectivity index (χ1) is 8.78.